The van der Waals surface area contributed by atoms with E-state index >= 15 is 0 Å². The lowest BCUT2D eigenvalue weighted by Crippen LogP contribution is -2.17. The molecule has 0 amide bonds. The predicted octanol–water partition coefficient (Wildman–Crippen LogP) is 0.564. The summed E-state index contributed by atoms with van der Waals surface area (Å²) in [5.41, 5.74) is 0.181. The van der Waals surface area contributed by atoms with Gasteiger partial charge >= 0.3 is 0 Å². The fourth-order valence-corrected chi connectivity index (χ4v) is 1.06. The summed E-state index contributed by atoms with van der Waals surface area (Å²) >= 11 is 0. The zero-order chi connectivity index (χ0) is 5.61. The fraction of sp³-hybridized carbons (Fsp3) is 1.00. The van der Waals surface area contributed by atoms with Gasteiger partial charge in [0, 0.05) is 0 Å². The number of epoxide rings is 2. The second kappa shape index (κ2) is 1.25. The maximum absolute atomic E-state index is 5.24. The molecule has 2 fully saturated rings. The van der Waals surface area contributed by atoms with Gasteiger partial charge in [-0.1, -0.05) is 6.92 Å². The van der Waals surface area contributed by atoms with Crippen molar-refractivity contribution in [3.05, 3.63) is 0 Å². The van der Waals surface area contributed by atoms with Gasteiger partial charge in [0.2, 0.25) is 0 Å². The Morgan fingerprint density at radius 1 is 1.75 bits per heavy atom. The van der Waals surface area contributed by atoms with Crippen LogP contribution >= 0.6 is 0 Å². The van der Waals surface area contributed by atoms with Gasteiger partial charge in [0.25, 0.3) is 0 Å². The van der Waals surface area contributed by atoms with E-state index in [-0.39, 0.29) is 5.60 Å². The zero-order valence-corrected chi connectivity index (χ0v) is 5.02. The van der Waals surface area contributed by atoms with Gasteiger partial charge < -0.3 is 9.47 Å². The lowest BCUT2D eigenvalue weighted by molar-refractivity contribution is 0.231. The van der Waals surface area contributed by atoms with Gasteiger partial charge in [-0.25, -0.2) is 0 Å². The van der Waals surface area contributed by atoms with Crippen LogP contribution in [0.15, 0.2) is 0 Å². The van der Waals surface area contributed by atoms with Crippen molar-refractivity contribution in [1.29, 1.82) is 0 Å². The summed E-state index contributed by atoms with van der Waals surface area (Å²) in [4.78, 5) is 0. The van der Waals surface area contributed by atoms with E-state index in [0.717, 1.165) is 19.6 Å². The monoisotopic (exact) mass is 114 g/mol. The third-order valence-electron chi connectivity index (χ3n) is 2.03. The van der Waals surface area contributed by atoms with E-state index in [1.807, 2.05) is 0 Å². The smallest absolute Gasteiger partial charge is 0.120 e. The predicted molar refractivity (Wildman–Crippen MR) is 28.7 cm³/mol. The normalized spacial score (nSPS) is 51.4. The highest BCUT2D eigenvalue weighted by Gasteiger charge is 2.56. The Morgan fingerprint density at radius 2 is 2.38 bits per heavy atom. The first-order valence-corrected chi connectivity index (χ1v) is 3.13. The highest BCUT2D eigenvalue weighted by Crippen LogP contribution is 2.41. The molecule has 2 saturated heterocycles. The summed E-state index contributed by atoms with van der Waals surface area (Å²) in [6.07, 6.45) is 1.56. The van der Waals surface area contributed by atoms with Gasteiger partial charge in [-0.3, -0.25) is 0 Å². The Balaban J connectivity index is 1.99. The maximum atomic E-state index is 5.24. The summed E-state index contributed by atoms with van der Waals surface area (Å²) in [6, 6.07) is 0. The van der Waals surface area contributed by atoms with Crippen molar-refractivity contribution >= 4 is 0 Å². The second-order valence-corrected chi connectivity index (χ2v) is 2.53. The van der Waals surface area contributed by atoms with Crippen molar-refractivity contribution in [1.82, 2.24) is 0 Å². The van der Waals surface area contributed by atoms with Gasteiger partial charge in [-0.05, 0) is 6.42 Å². The largest absolute Gasteiger partial charge is 0.370 e. The van der Waals surface area contributed by atoms with Crippen molar-refractivity contribution in [2.45, 2.75) is 25.0 Å². The molecule has 2 aliphatic rings. The molecule has 2 heterocycles. The standard InChI is InChI=1S/C6H10O2/c1-2-6(4-8-6)5-3-7-5/h5H,2-4H2,1H3. The minimum absolute atomic E-state index is 0.181. The van der Waals surface area contributed by atoms with Crippen LogP contribution in [0.25, 0.3) is 0 Å². The first kappa shape index (κ1) is 4.77. The van der Waals surface area contributed by atoms with Crippen molar-refractivity contribution in [2.75, 3.05) is 13.2 Å². The summed E-state index contributed by atoms with van der Waals surface area (Å²) in [7, 11) is 0. The van der Waals surface area contributed by atoms with E-state index in [1.165, 1.54) is 0 Å². The van der Waals surface area contributed by atoms with E-state index in [4.69, 9.17) is 9.47 Å². The summed E-state index contributed by atoms with van der Waals surface area (Å²) in [5.74, 6) is 0. The summed E-state index contributed by atoms with van der Waals surface area (Å²) in [5, 5.41) is 0. The summed E-state index contributed by atoms with van der Waals surface area (Å²) < 4.78 is 10.3. The number of rotatable bonds is 2. The molecule has 0 aromatic carbocycles. The molecular formula is C6H10O2. The Labute approximate surface area is 48.8 Å². The Hall–Kier alpha value is -0.0800. The summed E-state index contributed by atoms with van der Waals surface area (Å²) in [6.45, 7) is 4.00. The molecule has 2 unspecified atom stereocenters. The highest BCUT2D eigenvalue weighted by atomic mass is 16.7. The van der Waals surface area contributed by atoms with E-state index in [0.29, 0.717) is 6.10 Å². The van der Waals surface area contributed by atoms with Gasteiger partial charge in [0.1, 0.15) is 11.7 Å². The second-order valence-electron chi connectivity index (χ2n) is 2.53. The third kappa shape index (κ3) is 0.501. The fourth-order valence-electron chi connectivity index (χ4n) is 1.06. The maximum Gasteiger partial charge on any atom is 0.120 e. The molecular weight excluding hydrogens is 104 g/mol. The van der Waals surface area contributed by atoms with Crippen LogP contribution in [0.1, 0.15) is 13.3 Å². The Morgan fingerprint density at radius 3 is 2.50 bits per heavy atom. The Kier molecular flexibility index (Phi) is 0.746. The molecule has 0 aromatic heterocycles. The molecule has 2 nitrogen and oxygen atoms in total. The minimum Gasteiger partial charge on any atom is -0.370 e. The molecule has 0 N–H and O–H groups in total. The third-order valence-corrected chi connectivity index (χ3v) is 2.03. The number of ether oxygens (including phenoxy) is 2. The van der Waals surface area contributed by atoms with Crippen molar-refractivity contribution in [3.8, 4) is 0 Å². The first-order chi connectivity index (χ1) is 3.87. The molecule has 0 spiro atoms. The number of hydrogen-bond acceptors (Lipinski definition) is 2. The molecule has 0 aromatic rings. The quantitative estimate of drug-likeness (QED) is 0.490. The molecule has 0 saturated carbocycles. The van der Waals surface area contributed by atoms with Crippen LogP contribution in [-0.4, -0.2) is 24.9 Å². The molecule has 2 aliphatic heterocycles. The van der Waals surface area contributed by atoms with Crippen molar-refractivity contribution in [3.63, 3.8) is 0 Å². The van der Waals surface area contributed by atoms with Gasteiger partial charge in [0.05, 0.1) is 13.2 Å². The van der Waals surface area contributed by atoms with Crippen molar-refractivity contribution < 1.29 is 9.47 Å². The molecule has 0 bridgehead atoms. The van der Waals surface area contributed by atoms with Crippen LogP contribution in [0.3, 0.4) is 0 Å². The van der Waals surface area contributed by atoms with E-state index < -0.39 is 0 Å². The first-order valence-electron chi connectivity index (χ1n) is 3.13. The van der Waals surface area contributed by atoms with Gasteiger partial charge in [-0.15, -0.1) is 0 Å². The highest BCUT2D eigenvalue weighted by molar-refractivity contribution is 5.03. The molecule has 46 valence electrons. The topological polar surface area (TPSA) is 25.1 Å². The molecule has 0 aliphatic carbocycles. The van der Waals surface area contributed by atoms with Crippen LogP contribution in [-0.2, 0) is 9.47 Å². The zero-order valence-electron chi connectivity index (χ0n) is 5.02. The minimum atomic E-state index is 0.181. The van der Waals surface area contributed by atoms with E-state index in [2.05, 4.69) is 6.92 Å². The SMILES string of the molecule is CCC1(C2CO2)CO1. The molecule has 8 heavy (non-hydrogen) atoms. The van der Waals surface area contributed by atoms with Crippen LogP contribution in [0.2, 0.25) is 0 Å². The molecule has 2 heteroatoms. The van der Waals surface area contributed by atoms with Crippen molar-refractivity contribution in [2.24, 2.45) is 0 Å². The van der Waals surface area contributed by atoms with Crippen LogP contribution in [0.4, 0.5) is 0 Å². The molecule has 2 atom stereocenters. The Bertz CT molecular complexity index is 103. The van der Waals surface area contributed by atoms with Crippen LogP contribution in [0.5, 0.6) is 0 Å². The van der Waals surface area contributed by atoms with E-state index in [9.17, 15) is 0 Å². The lowest BCUT2D eigenvalue weighted by Gasteiger charge is -2.00. The van der Waals surface area contributed by atoms with Crippen LogP contribution in [0, 0.1) is 0 Å². The number of hydrogen-bond donors (Lipinski definition) is 0. The lowest BCUT2D eigenvalue weighted by atomic mass is 10.1. The van der Waals surface area contributed by atoms with Gasteiger partial charge in [0.15, 0.2) is 0 Å². The average Bonchev–Trinajstić information content (AvgIpc) is 2.63. The van der Waals surface area contributed by atoms with E-state index in [1.54, 1.807) is 0 Å². The molecule has 0 radical (unpaired) electrons. The van der Waals surface area contributed by atoms with Crippen LogP contribution < -0.4 is 0 Å². The molecule has 2 rings (SSSR count). The van der Waals surface area contributed by atoms with Gasteiger partial charge in [-0.2, -0.15) is 0 Å². The average molecular weight is 114 g/mol.